The Kier molecular flexibility index (Phi) is 2.51. The van der Waals surface area contributed by atoms with E-state index in [1.54, 1.807) is 31.4 Å². The molecule has 0 spiro atoms. The van der Waals surface area contributed by atoms with E-state index in [0.717, 1.165) is 0 Å². The van der Waals surface area contributed by atoms with Crippen molar-refractivity contribution in [2.75, 3.05) is 13.9 Å². The molecule has 1 aromatic heterocycles. The summed E-state index contributed by atoms with van der Waals surface area (Å²) in [6, 6.07) is 6.95. The molecule has 2 aromatic carbocycles. The van der Waals surface area contributed by atoms with E-state index < -0.39 is 0 Å². The van der Waals surface area contributed by atoms with Crippen LogP contribution in [0.2, 0.25) is 0 Å². The minimum atomic E-state index is -0.266. The molecule has 2 heterocycles. The van der Waals surface area contributed by atoms with Crippen molar-refractivity contribution >= 4 is 21.8 Å². The number of para-hydroxylation sites is 1. The smallest absolute Gasteiger partial charge is 0.231 e. The van der Waals surface area contributed by atoms with Gasteiger partial charge in [-0.25, -0.2) is 0 Å². The van der Waals surface area contributed by atoms with Crippen LogP contribution in [0.1, 0.15) is 0 Å². The molecule has 0 saturated carbocycles. The van der Waals surface area contributed by atoms with Crippen LogP contribution in [0, 0.1) is 0 Å². The number of methoxy groups -OCH3 is 1. The molecule has 6 nitrogen and oxygen atoms in total. The van der Waals surface area contributed by atoms with Gasteiger partial charge in [-0.3, -0.25) is 4.79 Å². The summed E-state index contributed by atoms with van der Waals surface area (Å²) < 4.78 is 17.7. The first-order valence-electron chi connectivity index (χ1n) is 6.74. The van der Waals surface area contributed by atoms with Crippen molar-refractivity contribution in [3.8, 4) is 23.0 Å². The molecule has 0 saturated heterocycles. The lowest BCUT2D eigenvalue weighted by atomic mass is 10.1. The molecule has 0 amide bonds. The van der Waals surface area contributed by atoms with Crippen molar-refractivity contribution in [1.29, 1.82) is 0 Å². The summed E-state index contributed by atoms with van der Waals surface area (Å²) in [7, 11) is 3.37. The molecule has 1 N–H and O–H groups in total. The number of hydrogen-bond acceptors (Lipinski definition) is 5. The highest BCUT2D eigenvalue weighted by atomic mass is 16.7. The maximum Gasteiger partial charge on any atom is 0.231 e. The molecule has 22 heavy (non-hydrogen) atoms. The van der Waals surface area contributed by atoms with Crippen LogP contribution in [0.15, 0.2) is 29.1 Å². The Bertz CT molecular complexity index is 990. The molecule has 0 unspecified atom stereocenters. The van der Waals surface area contributed by atoms with E-state index in [-0.39, 0.29) is 29.1 Å². The Morgan fingerprint density at radius 3 is 2.91 bits per heavy atom. The number of hydrogen-bond donors (Lipinski definition) is 1. The molecular weight excluding hydrogens is 286 g/mol. The fraction of sp³-hybridized carbons (Fsp3) is 0.188. The fourth-order valence-corrected chi connectivity index (χ4v) is 2.97. The molecule has 0 radical (unpaired) electrons. The number of phenolic OH excluding ortho intramolecular Hbond substituents is 1. The lowest BCUT2D eigenvalue weighted by molar-refractivity contribution is 0.171. The van der Waals surface area contributed by atoms with Gasteiger partial charge >= 0.3 is 0 Å². The molecule has 112 valence electrons. The van der Waals surface area contributed by atoms with Crippen molar-refractivity contribution in [2.24, 2.45) is 7.05 Å². The normalized spacial score (nSPS) is 13.0. The Morgan fingerprint density at radius 1 is 1.32 bits per heavy atom. The number of fused-ring (bicyclic) bond motifs is 3. The monoisotopic (exact) mass is 299 g/mol. The van der Waals surface area contributed by atoms with E-state index in [4.69, 9.17) is 14.2 Å². The van der Waals surface area contributed by atoms with E-state index in [9.17, 15) is 9.90 Å². The maximum atomic E-state index is 12.8. The van der Waals surface area contributed by atoms with Gasteiger partial charge in [-0.05, 0) is 12.1 Å². The van der Waals surface area contributed by atoms with Crippen LogP contribution in [-0.2, 0) is 7.05 Å². The summed E-state index contributed by atoms with van der Waals surface area (Å²) in [5.41, 5.74) is 0.960. The first-order valence-corrected chi connectivity index (χ1v) is 6.74. The van der Waals surface area contributed by atoms with Gasteiger partial charge in [-0.15, -0.1) is 0 Å². The average Bonchev–Trinajstić information content (AvgIpc) is 3.00. The standard InChI is InChI=1S/C16H13NO5/c1-17-9-6-11-16(22-7-21-11)15(19)12(9)14(18)8-4-3-5-10(20-2)13(8)17/h3-6,19H,7H2,1-2H3. The molecule has 6 heteroatoms. The topological polar surface area (TPSA) is 69.9 Å². The van der Waals surface area contributed by atoms with E-state index in [1.165, 1.54) is 0 Å². The largest absolute Gasteiger partial charge is 0.504 e. The number of ether oxygens (including phenoxy) is 3. The number of nitrogens with zero attached hydrogens (tertiary/aromatic N) is 1. The lowest BCUT2D eigenvalue weighted by Crippen LogP contribution is -2.10. The van der Waals surface area contributed by atoms with Gasteiger partial charge in [-0.2, -0.15) is 0 Å². The molecule has 0 bridgehead atoms. The van der Waals surface area contributed by atoms with Crippen LogP contribution in [0.4, 0.5) is 0 Å². The predicted molar refractivity (Wildman–Crippen MR) is 81.0 cm³/mol. The molecule has 1 aliphatic rings. The Hall–Kier alpha value is -2.89. The third kappa shape index (κ3) is 1.46. The van der Waals surface area contributed by atoms with Crippen molar-refractivity contribution < 1.29 is 19.3 Å². The fourth-order valence-electron chi connectivity index (χ4n) is 2.97. The van der Waals surface area contributed by atoms with Crippen LogP contribution < -0.4 is 19.6 Å². The zero-order valence-corrected chi connectivity index (χ0v) is 12.0. The molecular formula is C16H13NO5. The van der Waals surface area contributed by atoms with Gasteiger partial charge in [0.15, 0.2) is 11.5 Å². The van der Waals surface area contributed by atoms with Gasteiger partial charge in [-0.1, -0.05) is 6.07 Å². The third-order valence-corrected chi connectivity index (χ3v) is 4.00. The SMILES string of the molecule is COc1cccc2c(=O)c3c(O)c4c(cc3n(C)c12)OCO4. The van der Waals surface area contributed by atoms with E-state index in [1.807, 2.05) is 11.6 Å². The van der Waals surface area contributed by atoms with Gasteiger partial charge in [0.25, 0.3) is 0 Å². The Balaban J connectivity index is 2.30. The highest BCUT2D eigenvalue weighted by Gasteiger charge is 2.25. The quantitative estimate of drug-likeness (QED) is 0.697. The highest BCUT2D eigenvalue weighted by Crippen LogP contribution is 2.45. The number of aromatic hydroxyl groups is 1. The van der Waals surface area contributed by atoms with Gasteiger partial charge < -0.3 is 23.9 Å². The van der Waals surface area contributed by atoms with E-state index in [2.05, 4.69) is 0 Å². The van der Waals surface area contributed by atoms with Crippen molar-refractivity contribution in [3.05, 3.63) is 34.5 Å². The second kappa shape index (κ2) is 4.30. The van der Waals surface area contributed by atoms with Gasteiger partial charge in [0, 0.05) is 13.1 Å². The number of benzene rings is 2. The Morgan fingerprint density at radius 2 is 2.14 bits per heavy atom. The second-order valence-corrected chi connectivity index (χ2v) is 5.10. The first-order chi connectivity index (χ1) is 10.6. The summed E-state index contributed by atoms with van der Waals surface area (Å²) in [5.74, 6) is 1.05. The molecule has 0 atom stereocenters. The lowest BCUT2D eigenvalue weighted by Gasteiger charge is -2.14. The predicted octanol–water partition coefficient (Wildman–Crippen LogP) is 2.13. The van der Waals surface area contributed by atoms with Gasteiger partial charge in [0.2, 0.25) is 18.0 Å². The van der Waals surface area contributed by atoms with E-state index in [0.29, 0.717) is 27.9 Å². The van der Waals surface area contributed by atoms with Crippen LogP contribution >= 0.6 is 0 Å². The second-order valence-electron chi connectivity index (χ2n) is 5.10. The average molecular weight is 299 g/mol. The van der Waals surface area contributed by atoms with Gasteiger partial charge in [0.05, 0.1) is 28.9 Å². The van der Waals surface area contributed by atoms with Crippen molar-refractivity contribution in [2.45, 2.75) is 0 Å². The first kappa shape index (κ1) is 12.8. The minimum absolute atomic E-state index is 0.0277. The maximum absolute atomic E-state index is 12.8. The number of aromatic nitrogens is 1. The molecule has 0 aliphatic carbocycles. The summed E-state index contributed by atoms with van der Waals surface area (Å²) in [6.07, 6.45) is 0. The molecule has 4 rings (SSSR count). The highest BCUT2D eigenvalue weighted by molar-refractivity contribution is 6.00. The third-order valence-electron chi connectivity index (χ3n) is 4.00. The molecule has 3 aromatic rings. The van der Waals surface area contributed by atoms with Crippen LogP contribution in [-0.4, -0.2) is 23.6 Å². The van der Waals surface area contributed by atoms with Crippen LogP contribution in [0.5, 0.6) is 23.0 Å². The number of aryl methyl sites for hydroxylation is 1. The summed E-state index contributed by atoms with van der Waals surface area (Å²) in [5, 5.41) is 11.1. The molecule has 1 aliphatic heterocycles. The van der Waals surface area contributed by atoms with Crippen LogP contribution in [0.3, 0.4) is 0 Å². The van der Waals surface area contributed by atoms with E-state index >= 15 is 0 Å². The van der Waals surface area contributed by atoms with Crippen LogP contribution in [0.25, 0.3) is 21.8 Å². The number of rotatable bonds is 1. The summed E-state index contributed by atoms with van der Waals surface area (Å²) in [4.78, 5) is 12.8. The summed E-state index contributed by atoms with van der Waals surface area (Å²) >= 11 is 0. The number of pyridine rings is 1. The number of phenols is 1. The van der Waals surface area contributed by atoms with Crippen molar-refractivity contribution in [1.82, 2.24) is 4.57 Å². The minimum Gasteiger partial charge on any atom is -0.504 e. The van der Waals surface area contributed by atoms with Crippen molar-refractivity contribution in [3.63, 3.8) is 0 Å². The summed E-state index contributed by atoms with van der Waals surface area (Å²) in [6.45, 7) is 0.0277. The zero-order chi connectivity index (χ0) is 15.4. The molecule has 0 fully saturated rings. The zero-order valence-electron chi connectivity index (χ0n) is 12.0. The Labute approximate surface area is 125 Å². The van der Waals surface area contributed by atoms with Gasteiger partial charge in [0.1, 0.15) is 5.75 Å².